The molecule has 0 saturated carbocycles. The number of nitriles is 1. The van der Waals surface area contributed by atoms with E-state index in [1.54, 1.807) is 0 Å². The Morgan fingerprint density at radius 1 is 1.00 bits per heavy atom. The molecule has 0 bridgehead atoms. The maximum atomic E-state index is 11.9. The van der Waals surface area contributed by atoms with Crippen LogP contribution in [0.3, 0.4) is 0 Å². The average Bonchev–Trinajstić information content (AvgIpc) is 1.82. The van der Waals surface area contributed by atoms with E-state index in [-0.39, 0.29) is 6.07 Å². The van der Waals surface area contributed by atoms with Crippen molar-refractivity contribution in [1.29, 1.82) is 5.26 Å². The minimum atomic E-state index is -5.92. The van der Waals surface area contributed by atoms with Gasteiger partial charge in [0.15, 0.2) is 5.57 Å². The minimum absolute atomic E-state index is 0.162. The Bertz CT molecular complexity index is 264. The minimum Gasteiger partial charge on any atom is -0.191 e. The second kappa shape index (κ2) is 3.24. The van der Waals surface area contributed by atoms with Gasteiger partial charge in [-0.25, -0.2) is 0 Å². The van der Waals surface area contributed by atoms with Gasteiger partial charge in [-0.15, -0.1) is 0 Å². The van der Waals surface area contributed by atoms with Crippen LogP contribution in [0.2, 0.25) is 0 Å². The summed E-state index contributed by atoms with van der Waals surface area (Å²) in [6.45, 7) is 0. The third-order valence-corrected chi connectivity index (χ3v) is 0.927. The Morgan fingerprint density at radius 3 is 1.46 bits per heavy atom. The van der Waals surface area contributed by atoms with Crippen LogP contribution in [0.1, 0.15) is 0 Å². The number of hydrogen-bond donors (Lipinski definition) is 0. The standard InChI is InChI=1S/C5F7N/c6-3(7)2(5(10,11)12)4(8,9)1-13. The van der Waals surface area contributed by atoms with Crippen molar-refractivity contribution in [3.8, 4) is 6.07 Å². The SMILES string of the molecule is N#CC(F)(F)C(=C(F)F)C(F)(F)F. The molecule has 0 aromatic heterocycles. The van der Waals surface area contributed by atoms with E-state index < -0.39 is 23.8 Å². The van der Waals surface area contributed by atoms with Gasteiger partial charge in [-0.1, -0.05) is 0 Å². The van der Waals surface area contributed by atoms with Crippen LogP contribution in [-0.2, 0) is 0 Å². The summed E-state index contributed by atoms with van der Waals surface area (Å²) < 4.78 is 81.2. The predicted molar refractivity (Wildman–Crippen MR) is 25.9 cm³/mol. The molecule has 0 aliphatic carbocycles. The van der Waals surface area contributed by atoms with Crippen LogP contribution in [0, 0.1) is 11.3 Å². The lowest BCUT2D eigenvalue weighted by atomic mass is 10.1. The summed E-state index contributed by atoms with van der Waals surface area (Å²) in [4.78, 5) is 0. The van der Waals surface area contributed by atoms with Crippen LogP contribution >= 0.6 is 0 Å². The molecule has 0 amide bonds. The number of alkyl halides is 5. The van der Waals surface area contributed by atoms with Crippen molar-refractivity contribution in [2.75, 3.05) is 0 Å². The molecule has 0 saturated heterocycles. The second-order valence-corrected chi connectivity index (χ2v) is 1.82. The van der Waals surface area contributed by atoms with Crippen molar-refractivity contribution in [3.05, 3.63) is 11.7 Å². The molecule has 8 heteroatoms. The fourth-order valence-corrected chi connectivity index (χ4v) is 0.460. The summed E-state index contributed by atoms with van der Waals surface area (Å²) in [7, 11) is 0. The fourth-order valence-electron chi connectivity index (χ4n) is 0.460. The topological polar surface area (TPSA) is 23.8 Å². The van der Waals surface area contributed by atoms with E-state index in [9.17, 15) is 30.7 Å². The van der Waals surface area contributed by atoms with Gasteiger partial charge in [0.1, 0.15) is 6.07 Å². The number of nitrogens with zero attached hydrogens (tertiary/aromatic N) is 1. The van der Waals surface area contributed by atoms with Crippen molar-refractivity contribution < 1.29 is 30.7 Å². The zero-order chi connectivity index (χ0) is 10.9. The first-order chi connectivity index (χ1) is 5.63. The van der Waals surface area contributed by atoms with Gasteiger partial charge in [-0.05, 0) is 0 Å². The largest absolute Gasteiger partial charge is 0.424 e. The van der Waals surface area contributed by atoms with E-state index in [0.29, 0.717) is 0 Å². The van der Waals surface area contributed by atoms with Crippen LogP contribution < -0.4 is 0 Å². The Morgan fingerprint density at radius 2 is 1.38 bits per heavy atom. The van der Waals surface area contributed by atoms with Crippen molar-refractivity contribution >= 4 is 0 Å². The van der Waals surface area contributed by atoms with Gasteiger partial charge in [0.25, 0.3) is 6.08 Å². The Hall–Kier alpha value is -1.26. The summed E-state index contributed by atoms with van der Waals surface area (Å²) in [5.41, 5.74) is -3.41. The highest BCUT2D eigenvalue weighted by Crippen LogP contribution is 2.39. The normalized spacial score (nSPS) is 12.2. The van der Waals surface area contributed by atoms with Crippen LogP contribution in [0.15, 0.2) is 11.7 Å². The molecule has 0 unspecified atom stereocenters. The van der Waals surface area contributed by atoms with E-state index in [1.165, 1.54) is 0 Å². The molecule has 0 aromatic carbocycles. The van der Waals surface area contributed by atoms with Gasteiger partial charge in [-0.2, -0.15) is 36.0 Å². The molecule has 0 aromatic rings. The van der Waals surface area contributed by atoms with Gasteiger partial charge in [0, 0.05) is 0 Å². The van der Waals surface area contributed by atoms with E-state index in [2.05, 4.69) is 0 Å². The Kier molecular flexibility index (Phi) is 2.92. The van der Waals surface area contributed by atoms with E-state index in [0.717, 1.165) is 0 Å². The molecular formula is C5F7N. The molecule has 0 N–H and O–H groups in total. The molecule has 13 heavy (non-hydrogen) atoms. The quantitative estimate of drug-likeness (QED) is 0.606. The zero-order valence-electron chi connectivity index (χ0n) is 5.59. The summed E-state index contributed by atoms with van der Waals surface area (Å²) >= 11 is 0. The molecule has 0 fully saturated rings. The smallest absolute Gasteiger partial charge is 0.191 e. The molecule has 0 atom stereocenters. The maximum absolute atomic E-state index is 11.9. The predicted octanol–water partition coefficient (Wildman–Crippen LogP) is 2.86. The lowest BCUT2D eigenvalue weighted by Gasteiger charge is -2.13. The van der Waals surface area contributed by atoms with Crippen molar-refractivity contribution in [1.82, 2.24) is 0 Å². The maximum Gasteiger partial charge on any atom is 0.424 e. The molecule has 0 rings (SSSR count). The third-order valence-electron chi connectivity index (χ3n) is 0.927. The highest BCUT2D eigenvalue weighted by molar-refractivity contribution is 5.26. The average molecular weight is 207 g/mol. The van der Waals surface area contributed by atoms with Gasteiger partial charge in [0.05, 0.1) is 0 Å². The first-order valence-corrected chi connectivity index (χ1v) is 2.55. The van der Waals surface area contributed by atoms with Crippen LogP contribution in [0.4, 0.5) is 30.7 Å². The summed E-state index contributed by atoms with van der Waals surface area (Å²) in [6, 6.07) is -0.162. The Balaban J connectivity index is 5.38. The summed E-state index contributed by atoms with van der Waals surface area (Å²) in [5, 5.41) is 7.51. The first kappa shape index (κ1) is 11.7. The highest BCUT2D eigenvalue weighted by Gasteiger charge is 2.54. The summed E-state index contributed by atoms with van der Waals surface area (Å²) in [6.07, 6.45) is -9.53. The van der Waals surface area contributed by atoms with Crippen molar-refractivity contribution in [2.24, 2.45) is 0 Å². The molecule has 0 heterocycles. The van der Waals surface area contributed by atoms with Gasteiger partial charge < -0.3 is 0 Å². The molecule has 0 spiro atoms. The molecular weight excluding hydrogens is 207 g/mol. The van der Waals surface area contributed by atoms with Gasteiger partial charge in [0.2, 0.25) is 0 Å². The number of halogens is 7. The van der Waals surface area contributed by atoms with Gasteiger partial charge >= 0.3 is 12.1 Å². The second-order valence-electron chi connectivity index (χ2n) is 1.82. The van der Waals surface area contributed by atoms with Crippen molar-refractivity contribution in [2.45, 2.75) is 12.1 Å². The lowest BCUT2D eigenvalue weighted by Crippen LogP contribution is -2.29. The van der Waals surface area contributed by atoms with E-state index in [1.807, 2.05) is 0 Å². The molecule has 0 aliphatic heterocycles. The molecule has 74 valence electrons. The Labute approximate surface area is 67.1 Å². The fraction of sp³-hybridized carbons (Fsp3) is 0.400. The van der Waals surface area contributed by atoms with Crippen molar-refractivity contribution in [3.63, 3.8) is 0 Å². The molecule has 1 nitrogen and oxygen atoms in total. The number of hydrogen-bond acceptors (Lipinski definition) is 1. The van der Waals surface area contributed by atoms with Crippen LogP contribution in [-0.4, -0.2) is 12.1 Å². The van der Waals surface area contributed by atoms with Crippen LogP contribution in [0.25, 0.3) is 0 Å². The molecule has 0 radical (unpaired) electrons. The number of rotatable bonds is 1. The van der Waals surface area contributed by atoms with Gasteiger partial charge in [-0.3, -0.25) is 0 Å². The van der Waals surface area contributed by atoms with E-state index >= 15 is 0 Å². The third kappa shape index (κ3) is 2.61. The lowest BCUT2D eigenvalue weighted by molar-refractivity contribution is -0.123. The summed E-state index contributed by atoms with van der Waals surface area (Å²) in [5.74, 6) is -5.23. The zero-order valence-corrected chi connectivity index (χ0v) is 5.59. The monoisotopic (exact) mass is 207 g/mol. The first-order valence-electron chi connectivity index (χ1n) is 2.55. The number of allylic oxidation sites excluding steroid dienone is 1. The van der Waals surface area contributed by atoms with Crippen LogP contribution in [0.5, 0.6) is 0 Å². The highest BCUT2D eigenvalue weighted by atomic mass is 19.4. The molecule has 0 aliphatic rings. The van der Waals surface area contributed by atoms with E-state index in [4.69, 9.17) is 5.26 Å².